The first-order chi connectivity index (χ1) is 10.2. The first kappa shape index (κ1) is 15.1. The van der Waals surface area contributed by atoms with Crippen LogP contribution >= 0.6 is 0 Å². The Balaban J connectivity index is 2.22. The number of aromatic nitrogens is 2. The lowest BCUT2D eigenvalue weighted by Gasteiger charge is -2.18. The van der Waals surface area contributed by atoms with Gasteiger partial charge in [-0.3, -0.25) is 9.89 Å². The minimum atomic E-state index is -0.173. The Morgan fingerprint density at radius 3 is 2.90 bits per heavy atom. The number of aliphatic hydroxyl groups is 1. The van der Waals surface area contributed by atoms with Gasteiger partial charge in [-0.05, 0) is 25.1 Å². The van der Waals surface area contributed by atoms with E-state index in [-0.39, 0.29) is 12.5 Å². The first-order valence-corrected chi connectivity index (χ1v) is 6.79. The number of aliphatic hydroxyl groups excluding tert-OH is 1. The van der Waals surface area contributed by atoms with Crippen molar-refractivity contribution in [3.63, 3.8) is 0 Å². The second-order valence-corrected chi connectivity index (χ2v) is 4.51. The summed E-state index contributed by atoms with van der Waals surface area (Å²) in [5, 5.41) is 15.9. The highest BCUT2D eigenvalue weighted by Gasteiger charge is 2.16. The molecule has 2 rings (SSSR count). The molecule has 2 aromatic rings. The molecular weight excluding hydrogens is 270 g/mol. The molecule has 2 N–H and O–H groups in total. The summed E-state index contributed by atoms with van der Waals surface area (Å²) in [7, 11) is 1.60. The average Bonchev–Trinajstić information content (AvgIpc) is 3.02. The third kappa shape index (κ3) is 3.41. The van der Waals surface area contributed by atoms with Crippen LogP contribution in [0.15, 0.2) is 30.3 Å². The van der Waals surface area contributed by atoms with Crippen molar-refractivity contribution in [2.45, 2.75) is 6.92 Å². The predicted octanol–water partition coefficient (Wildman–Crippen LogP) is 1.54. The van der Waals surface area contributed by atoms with E-state index in [1.807, 2.05) is 31.2 Å². The maximum atomic E-state index is 12.3. The van der Waals surface area contributed by atoms with Gasteiger partial charge in [-0.1, -0.05) is 12.1 Å². The number of hydrogen-bond donors (Lipinski definition) is 2. The molecule has 0 atom stereocenters. The number of methoxy groups -OCH3 is 1. The SMILES string of the molecule is CCN(CCO)C(=O)c1cc(-c2cccc(OC)c2)n[nH]1. The number of hydrogen-bond acceptors (Lipinski definition) is 4. The number of nitrogens with one attached hydrogen (secondary N) is 1. The molecule has 1 aromatic heterocycles. The van der Waals surface area contributed by atoms with Crippen molar-refractivity contribution in [2.24, 2.45) is 0 Å². The topological polar surface area (TPSA) is 78.4 Å². The largest absolute Gasteiger partial charge is 0.497 e. The predicted molar refractivity (Wildman–Crippen MR) is 79.2 cm³/mol. The van der Waals surface area contributed by atoms with Gasteiger partial charge in [-0.2, -0.15) is 5.10 Å². The fourth-order valence-corrected chi connectivity index (χ4v) is 2.06. The summed E-state index contributed by atoms with van der Waals surface area (Å²) in [6.07, 6.45) is 0. The molecule has 0 spiro atoms. The van der Waals surface area contributed by atoms with Gasteiger partial charge in [0.05, 0.1) is 19.4 Å². The minimum Gasteiger partial charge on any atom is -0.497 e. The highest BCUT2D eigenvalue weighted by atomic mass is 16.5. The molecule has 112 valence electrons. The average molecular weight is 289 g/mol. The van der Waals surface area contributed by atoms with E-state index < -0.39 is 0 Å². The van der Waals surface area contributed by atoms with Crippen LogP contribution in [0.5, 0.6) is 5.75 Å². The summed E-state index contributed by atoms with van der Waals surface area (Å²) in [4.78, 5) is 13.8. The molecule has 0 aliphatic rings. The summed E-state index contributed by atoms with van der Waals surface area (Å²) in [6, 6.07) is 9.18. The maximum absolute atomic E-state index is 12.3. The number of carbonyl (C=O) groups excluding carboxylic acids is 1. The number of aromatic amines is 1. The van der Waals surface area contributed by atoms with Crippen molar-refractivity contribution >= 4 is 5.91 Å². The van der Waals surface area contributed by atoms with Crippen LogP contribution in [0.1, 0.15) is 17.4 Å². The Bertz CT molecular complexity index is 610. The van der Waals surface area contributed by atoms with Crippen LogP contribution in [0.4, 0.5) is 0 Å². The molecule has 1 heterocycles. The van der Waals surface area contributed by atoms with Crippen LogP contribution in [0.25, 0.3) is 11.3 Å². The Hall–Kier alpha value is -2.34. The zero-order valence-corrected chi connectivity index (χ0v) is 12.2. The lowest BCUT2D eigenvalue weighted by atomic mass is 10.1. The number of carbonyl (C=O) groups is 1. The van der Waals surface area contributed by atoms with E-state index in [0.29, 0.717) is 24.5 Å². The van der Waals surface area contributed by atoms with Gasteiger partial charge < -0.3 is 14.7 Å². The summed E-state index contributed by atoms with van der Waals surface area (Å²) < 4.78 is 5.18. The monoisotopic (exact) mass is 289 g/mol. The van der Waals surface area contributed by atoms with E-state index in [1.54, 1.807) is 18.1 Å². The Labute approximate surface area is 123 Å². The van der Waals surface area contributed by atoms with Gasteiger partial charge in [0.2, 0.25) is 0 Å². The third-order valence-corrected chi connectivity index (χ3v) is 3.21. The van der Waals surface area contributed by atoms with Gasteiger partial charge in [-0.15, -0.1) is 0 Å². The normalized spacial score (nSPS) is 10.4. The minimum absolute atomic E-state index is 0.0591. The van der Waals surface area contributed by atoms with E-state index in [9.17, 15) is 4.79 Å². The van der Waals surface area contributed by atoms with Crippen molar-refractivity contribution < 1.29 is 14.6 Å². The molecule has 0 saturated carbocycles. The summed E-state index contributed by atoms with van der Waals surface area (Å²) in [5.74, 6) is 0.562. The van der Waals surface area contributed by atoms with Crippen molar-refractivity contribution in [3.05, 3.63) is 36.0 Å². The summed E-state index contributed by atoms with van der Waals surface area (Å²) >= 11 is 0. The first-order valence-electron chi connectivity index (χ1n) is 6.79. The summed E-state index contributed by atoms with van der Waals surface area (Å²) in [5.41, 5.74) is 1.95. The van der Waals surface area contributed by atoms with Crippen molar-refractivity contribution in [1.82, 2.24) is 15.1 Å². The van der Waals surface area contributed by atoms with E-state index in [1.165, 1.54) is 0 Å². The standard InChI is InChI=1S/C15H19N3O3/c1-3-18(7-8-19)15(20)14-10-13(16-17-14)11-5-4-6-12(9-11)21-2/h4-6,9-10,19H,3,7-8H2,1-2H3,(H,16,17). The van der Waals surface area contributed by atoms with E-state index in [4.69, 9.17) is 9.84 Å². The van der Waals surface area contributed by atoms with Crippen LogP contribution in [-0.4, -0.2) is 52.9 Å². The fourth-order valence-electron chi connectivity index (χ4n) is 2.06. The molecule has 0 aliphatic heterocycles. The molecule has 0 aliphatic carbocycles. The molecular formula is C15H19N3O3. The quantitative estimate of drug-likeness (QED) is 0.845. The molecule has 1 aromatic carbocycles. The lowest BCUT2D eigenvalue weighted by Crippen LogP contribution is -2.33. The Kier molecular flexibility index (Phi) is 4.94. The van der Waals surface area contributed by atoms with Crippen LogP contribution in [0.2, 0.25) is 0 Å². The fraction of sp³-hybridized carbons (Fsp3) is 0.333. The van der Waals surface area contributed by atoms with Crippen LogP contribution in [0.3, 0.4) is 0 Å². The number of rotatable bonds is 6. The molecule has 6 nitrogen and oxygen atoms in total. The van der Waals surface area contributed by atoms with Crippen molar-refractivity contribution in [1.29, 1.82) is 0 Å². The van der Waals surface area contributed by atoms with Crippen LogP contribution < -0.4 is 4.74 Å². The molecule has 0 radical (unpaired) electrons. The number of benzene rings is 1. The number of nitrogens with zero attached hydrogens (tertiary/aromatic N) is 2. The highest BCUT2D eigenvalue weighted by Crippen LogP contribution is 2.22. The molecule has 0 unspecified atom stereocenters. The van der Waals surface area contributed by atoms with Crippen molar-refractivity contribution in [2.75, 3.05) is 26.8 Å². The highest BCUT2D eigenvalue weighted by molar-refractivity contribution is 5.93. The number of likely N-dealkylation sites (N-methyl/N-ethyl adjacent to an activating group) is 1. The molecule has 6 heteroatoms. The number of ether oxygens (including phenoxy) is 1. The van der Waals surface area contributed by atoms with E-state index in [2.05, 4.69) is 10.2 Å². The van der Waals surface area contributed by atoms with Crippen LogP contribution in [0, 0.1) is 0 Å². The van der Waals surface area contributed by atoms with Gasteiger partial charge in [0, 0.05) is 18.7 Å². The van der Waals surface area contributed by atoms with E-state index >= 15 is 0 Å². The number of H-pyrrole nitrogens is 1. The Morgan fingerprint density at radius 2 is 2.24 bits per heavy atom. The maximum Gasteiger partial charge on any atom is 0.271 e. The van der Waals surface area contributed by atoms with Gasteiger partial charge in [0.1, 0.15) is 11.4 Å². The van der Waals surface area contributed by atoms with Gasteiger partial charge in [-0.25, -0.2) is 0 Å². The third-order valence-electron chi connectivity index (χ3n) is 3.21. The van der Waals surface area contributed by atoms with E-state index in [0.717, 1.165) is 11.3 Å². The molecule has 21 heavy (non-hydrogen) atoms. The van der Waals surface area contributed by atoms with Gasteiger partial charge >= 0.3 is 0 Å². The zero-order valence-electron chi connectivity index (χ0n) is 12.2. The molecule has 0 fully saturated rings. The van der Waals surface area contributed by atoms with Gasteiger partial charge in [0.25, 0.3) is 5.91 Å². The van der Waals surface area contributed by atoms with Gasteiger partial charge in [0.15, 0.2) is 0 Å². The lowest BCUT2D eigenvalue weighted by molar-refractivity contribution is 0.0726. The number of amides is 1. The summed E-state index contributed by atoms with van der Waals surface area (Å²) in [6.45, 7) is 2.65. The zero-order chi connectivity index (χ0) is 15.2. The second-order valence-electron chi connectivity index (χ2n) is 4.51. The molecule has 0 bridgehead atoms. The van der Waals surface area contributed by atoms with Crippen LogP contribution in [-0.2, 0) is 0 Å². The second kappa shape index (κ2) is 6.90. The smallest absolute Gasteiger partial charge is 0.271 e. The van der Waals surface area contributed by atoms with Crippen molar-refractivity contribution in [3.8, 4) is 17.0 Å². The molecule has 1 amide bonds. The Morgan fingerprint density at radius 1 is 1.43 bits per heavy atom. The molecule has 0 saturated heterocycles.